The van der Waals surface area contributed by atoms with Gasteiger partial charge in [0.15, 0.2) is 0 Å². The minimum Gasteiger partial charge on any atom is -0.480 e. The van der Waals surface area contributed by atoms with Crippen LogP contribution >= 0.6 is 0 Å². The number of hydrogen-bond donors (Lipinski definition) is 1. The molecule has 2 rings (SSSR count). The van der Waals surface area contributed by atoms with Crippen molar-refractivity contribution in [1.82, 2.24) is 15.0 Å². The summed E-state index contributed by atoms with van der Waals surface area (Å²) < 4.78 is 1.37. The maximum atomic E-state index is 10.6. The molecule has 1 aromatic heterocycles. The van der Waals surface area contributed by atoms with E-state index in [1.807, 2.05) is 31.2 Å². The molecule has 0 saturated carbocycles. The van der Waals surface area contributed by atoms with E-state index in [1.54, 1.807) is 6.20 Å². The average molecular weight is 217 g/mol. The van der Waals surface area contributed by atoms with Gasteiger partial charge in [0.05, 0.1) is 11.9 Å². The molecule has 1 N–H and O–H groups in total. The lowest BCUT2D eigenvalue weighted by Gasteiger charge is -2.03. The summed E-state index contributed by atoms with van der Waals surface area (Å²) >= 11 is 0. The van der Waals surface area contributed by atoms with Crippen LogP contribution in [0.4, 0.5) is 0 Å². The summed E-state index contributed by atoms with van der Waals surface area (Å²) in [7, 11) is 0. The molecule has 0 fully saturated rings. The van der Waals surface area contributed by atoms with Crippen molar-refractivity contribution in [3.63, 3.8) is 0 Å². The fourth-order valence-corrected chi connectivity index (χ4v) is 1.45. The highest BCUT2D eigenvalue weighted by Crippen LogP contribution is 2.18. The van der Waals surface area contributed by atoms with Gasteiger partial charge < -0.3 is 5.11 Å². The van der Waals surface area contributed by atoms with Crippen molar-refractivity contribution in [2.45, 2.75) is 13.5 Å². The summed E-state index contributed by atoms with van der Waals surface area (Å²) in [6.45, 7) is 1.82. The van der Waals surface area contributed by atoms with E-state index in [-0.39, 0.29) is 6.54 Å². The van der Waals surface area contributed by atoms with E-state index in [2.05, 4.69) is 10.3 Å². The summed E-state index contributed by atoms with van der Waals surface area (Å²) in [5, 5.41) is 16.2. The molecule has 2 aromatic rings. The summed E-state index contributed by atoms with van der Waals surface area (Å²) in [5.74, 6) is -0.932. The van der Waals surface area contributed by atoms with E-state index >= 15 is 0 Å². The van der Waals surface area contributed by atoms with Crippen LogP contribution in [0.3, 0.4) is 0 Å². The van der Waals surface area contributed by atoms with Crippen LogP contribution in [0.5, 0.6) is 0 Å². The highest BCUT2D eigenvalue weighted by atomic mass is 16.4. The third kappa shape index (κ3) is 2.08. The highest BCUT2D eigenvalue weighted by Gasteiger charge is 2.08. The smallest absolute Gasteiger partial charge is 0.325 e. The van der Waals surface area contributed by atoms with E-state index in [0.717, 1.165) is 11.1 Å². The second kappa shape index (κ2) is 4.14. The molecule has 0 aliphatic heterocycles. The molecule has 5 heteroatoms. The number of hydrogen-bond acceptors (Lipinski definition) is 3. The minimum atomic E-state index is -0.932. The molecule has 0 radical (unpaired) electrons. The van der Waals surface area contributed by atoms with Gasteiger partial charge in [0.25, 0.3) is 0 Å². The van der Waals surface area contributed by atoms with Crippen molar-refractivity contribution >= 4 is 5.97 Å². The van der Waals surface area contributed by atoms with Gasteiger partial charge in [-0.15, -0.1) is 5.10 Å². The van der Waals surface area contributed by atoms with Crippen molar-refractivity contribution in [3.8, 4) is 11.3 Å². The lowest BCUT2D eigenvalue weighted by molar-refractivity contribution is -0.137. The summed E-state index contributed by atoms with van der Waals surface area (Å²) in [4.78, 5) is 10.6. The minimum absolute atomic E-state index is 0.177. The van der Waals surface area contributed by atoms with Crippen LogP contribution in [0, 0.1) is 6.92 Å². The zero-order valence-corrected chi connectivity index (χ0v) is 8.79. The summed E-state index contributed by atoms with van der Waals surface area (Å²) in [5.41, 5.74) is 2.78. The Hall–Kier alpha value is -2.17. The maximum absolute atomic E-state index is 10.6. The van der Waals surface area contributed by atoms with Crippen molar-refractivity contribution in [2.75, 3.05) is 0 Å². The van der Waals surface area contributed by atoms with Crippen molar-refractivity contribution in [2.24, 2.45) is 0 Å². The van der Waals surface area contributed by atoms with Gasteiger partial charge in [-0.3, -0.25) is 4.79 Å². The van der Waals surface area contributed by atoms with Crippen molar-refractivity contribution < 1.29 is 9.90 Å². The van der Waals surface area contributed by atoms with Crippen molar-refractivity contribution in [1.29, 1.82) is 0 Å². The molecule has 0 aliphatic carbocycles. The number of carboxylic acids is 1. The Morgan fingerprint density at radius 2 is 2.06 bits per heavy atom. The first-order valence-electron chi connectivity index (χ1n) is 4.84. The Morgan fingerprint density at radius 1 is 1.38 bits per heavy atom. The van der Waals surface area contributed by atoms with Crippen LogP contribution in [0.1, 0.15) is 5.56 Å². The van der Waals surface area contributed by atoms with E-state index < -0.39 is 5.97 Å². The Labute approximate surface area is 92.3 Å². The normalized spacial score (nSPS) is 10.3. The molecule has 0 amide bonds. The monoisotopic (exact) mass is 217 g/mol. The molecular formula is C11H11N3O2. The lowest BCUT2D eigenvalue weighted by atomic mass is 10.1. The molecule has 0 atom stereocenters. The summed E-state index contributed by atoms with van der Waals surface area (Å²) in [6, 6.07) is 7.78. The van der Waals surface area contributed by atoms with Gasteiger partial charge in [-0.05, 0) is 6.92 Å². The Kier molecular flexibility index (Phi) is 2.68. The van der Waals surface area contributed by atoms with Gasteiger partial charge in [-0.25, -0.2) is 4.68 Å². The van der Waals surface area contributed by atoms with E-state index in [1.165, 1.54) is 4.68 Å². The highest BCUT2D eigenvalue weighted by molar-refractivity contribution is 5.68. The molecule has 0 unspecified atom stereocenters. The van der Waals surface area contributed by atoms with Gasteiger partial charge in [0, 0.05) is 5.56 Å². The number of aryl methyl sites for hydroxylation is 1. The molecule has 1 heterocycles. The first kappa shape index (κ1) is 10.4. The predicted octanol–water partition coefficient (Wildman–Crippen LogP) is 1.34. The Bertz CT molecular complexity index is 502. The van der Waals surface area contributed by atoms with E-state index in [4.69, 9.17) is 5.11 Å². The molecule has 16 heavy (non-hydrogen) atoms. The number of carbonyl (C=O) groups is 1. The van der Waals surface area contributed by atoms with Crippen LogP contribution in [-0.2, 0) is 11.3 Å². The summed E-state index contributed by atoms with van der Waals surface area (Å²) in [6.07, 6.45) is 1.56. The Morgan fingerprint density at radius 3 is 2.69 bits per heavy atom. The second-order valence-electron chi connectivity index (χ2n) is 3.54. The van der Waals surface area contributed by atoms with Crippen LogP contribution < -0.4 is 0 Å². The van der Waals surface area contributed by atoms with Crippen LogP contribution in [0.2, 0.25) is 0 Å². The lowest BCUT2D eigenvalue weighted by Crippen LogP contribution is -2.11. The standard InChI is InChI=1S/C11H11N3O2/c1-8-2-4-9(5-3-8)10-6-12-13-14(10)7-11(15)16/h2-6H,7H2,1H3,(H,15,16). The van der Waals surface area contributed by atoms with Gasteiger partial charge in [-0.1, -0.05) is 35.0 Å². The largest absolute Gasteiger partial charge is 0.480 e. The molecule has 5 nitrogen and oxygen atoms in total. The molecule has 0 spiro atoms. The van der Waals surface area contributed by atoms with Crippen molar-refractivity contribution in [3.05, 3.63) is 36.0 Å². The second-order valence-corrected chi connectivity index (χ2v) is 3.54. The van der Waals surface area contributed by atoms with E-state index in [9.17, 15) is 4.79 Å². The number of aliphatic carboxylic acids is 1. The molecule has 0 aliphatic rings. The van der Waals surface area contributed by atoms with E-state index in [0.29, 0.717) is 5.69 Å². The fraction of sp³-hybridized carbons (Fsp3) is 0.182. The number of rotatable bonds is 3. The molecular weight excluding hydrogens is 206 g/mol. The fourth-order valence-electron chi connectivity index (χ4n) is 1.45. The zero-order chi connectivity index (χ0) is 11.5. The number of aromatic nitrogens is 3. The van der Waals surface area contributed by atoms with Crippen LogP contribution in [-0.4, -0.2) is 26.1 Å². The zero-order valence-electron chi connectivity index (χ0n) is 8.79. The SMILES string of the molecule is Cc1ccc(-c2cnnn2CC(=O)O)cc1. The molecule has 0 saturated heterocycles. The number of benzene rings is 1. The topological polar surface area (TPSA) is 68.0 Å². The first-order valence-corrected chi connectivity index (χ1v) is 4.84. The predicted molar refractivity (Wildman–Crippen MR) is 57.8 cm³/mol. The maximum Gasteiger partial charge on any atom is 0.325 e. The van der Waals surface area contributed by atoms with Crippen LogP contribution in [0.25, 0.3) is 11.3 Å². The third-order valence-corrected chi connectivity index (χ3v) is 2.25. The number of nitrogens with zero attached hydrogens (tertiary/aromatic N) is 3. The first-order chi connectivity index (χ1) is 7.66. The molecule has 82 valence electrons. The third-order valence-electron chi connectivity index (χ3n) is 2.25. The Balaban J connectivity index is 2.36. The number of carboxylic acid groups (broad SMARTS) is 1. The quantitative estimate of drug-likeness (QED) is 0.842. The van der Waals surface area contributed by atoms with Gasteiger partial charge in [0.2, 0.25) is 0 Å². The van der Waals surface area contributed by atoms with Gasteiger partial charge in [-0.2, -0.15) is 0 Å². The molecule has 0 bridgehead atoms. The van der Waals surface area contributed by atoms with Crippen LogP contribution in [0.15, 0.2) is 30.5 Å². The molecule has 1 aromatic carbocycles. The van der Waals surface area contributed by atoms with Gasteiger partial charge in [0.1, 0.15) is 6.54 Å². The average Bonchev–Trinajstić information content (AvgIpc) is 2.66. The van der Waals surface area contributed by atoms with Gasteiger partial charge >= 0.3 is 5.97 Å².